The molecule has 1 atom stereocenters. The molecule has 0 spiro atoms. The van der Waals surface area contributed by atoms with Crippen LogP contribution in [0.15, 0.2) is 0 Å². The van der Waals surface area contributed by atoms with Gasteiger partial charge in [0.1, 0.15) is 5.54 Å². The number of rotatable bonds is 10. The van der Waals surface area contributed by atoms with E-state index in [9.17, 15) is 9.90 Å². The number of hydrogen-bond acceptors (Lipinski definition) is 3. The van der Waals surface area contributed by atoms with Crippen molar-refractivity contribution in [3.8, 4) is 0 Å². The number of aliphatic carboxylic acids is 1. The zero-order valence-corrected chi connectivity index (χ0v) is 11.7. The average molecular weight is 257 g/mol. The van der Waals surface area contributed by atoms with Gasteiger partial charge in [-0.25, -0.2) is 0 Å². The average Bonchev–Trinajstić information content (AvgIpc) is 2.28. The lowest BCUT2D eigenvalue weighted by molar-refractivity contribution is -0.145. The molecule has 0 aromatic carbocycles. The Morgan fingerprint density at radius 1 is 1.44 bits per heavy atom. The lowest BCUT2D eigenvalue weighted by Crippen LogP contribution is -2.50. The van der Waals surface area contributed by atoms with Gasteiger partial charge < -0.3 is 15.2 Å². The normalized spacial score (nSPS) is 19.2. The van der Waals surface area contributed by atoms with E-state index in [-0.39, 0.29) is 0 Å². The Kier molecular flexibility index (Phi) is 6.65. The minimum absolute atomic E-state index is 0.520. The molecule has 0 amide bonds. The zero-order chi connectivity index (χ0) is 13.4. The molecule has 0 bridgehead atoms. The van der Waals surface area contributed by atoms with Gasteiger partial charge in [-0.3, -0.25) is 4.79 Å². The van der Waals surface area contributed by atoms with Crippen molar-refractivity contribution < 1.29 is 14.6 Å². The molecule has 0 radical (unpaired) electrons. The van der Waals surface area contributed by atoms with Crippen molar-refractivity contribution in [1.29, 1.82) is 0 Å². The molecule has 0 aliphatic heterocycles. The van der Waals surface area contributed by atoms with E-state index in [1.165, 1.54) is 19.3 Å². The molecule has 4 heteroatoms. The molecular weight excluding hydrogens is 230 g/mol. The molecule has 106 valence electrons. The summed E-state index contributed by atoms with van der Waals surface area (Å²) in [6.07, 6.45) is 6.63. The van der Waals surface area contributed by atoms with E-state index in [2.05, 4.69) is 5.32 Å². The van der Waals surface area contributed by atoms with E-state index in [4.69, 9.17) is 4.74 Å². The van der Waals surface area contributed by atoms with Crippen LogP contribution in [0.3, 0.4) is 0 Å². The van der Waals surface area contributed by atoms with E-state index in [0.717, 1.165) is 31.9 Å². The monoisotopic (exact) mass is 257 g/mol. The van der Waals surface area contributed by atoms with Crippen LogP contribution in [0, 0.1) is 5.92 Å². The van der Waals surface area contributed by atoms with Gasteiger partial charge in [0, 0.05) is 13.2 Å². The highest BCUT2D eigenvalue weighted by molar-refractivity contribution is 5.78. The quantitative estimate of drug-likeness (QED) is 0.590. The second-order valence-corrected chi connectivity index (χ2v) is 5.51. The molecule has 18 heavy (non-hydrogen) atoms. The summed E-state index contributed by atoms with van der Waals surface area (Å²) in [6, 6.07) is 0. The summed E-state index contributed by atoms with van der Waals surface area (Å²) in [7, 11) is 0. The van der Waals surface area contributed by atoms with E-state index < -0.39 is 11.5 Å². The predicted molar refractivity (Wildman–Crippen MR) is 71.7 cm³/mol. The Labute approximate surface area is 110 Å². The first-order chi connectivity index (χ1) is 8.58. The molecule has 4 nitrogen and oxygen atoms in total. The van der Waals surface area contributed by atoms with Crippen LogP contribution in [0.5, 0.6) is 0 Å². The fourth-order valence-electron chi connectivity index (χ4n) is 2.08. The van der Waals surface area contributed by atoms with Gasteiger partial charge in [0.15, 0.2) is 0 Å². The van der Waals surface area contributed by atoms with Crippen LogP contribution in [0.2, 0.25) is 0 Å². The fraction of sp³-hybridized carbons (Fsp3) is 0.929. The Balaban J connectivity index is 2.13. The summed E-state index contributed by atoms with van der Waals surface area (Å²) < 4.78 is 5.56. The predicted octanol–water partition coefficient (Wildman–Crippen LogP) is 2.43. The fourth-order valence-corrected chi connectivity index (χ4v) is 2.08. The van der Waals surface area contributed by atoms with Crippen LogP contribution < -0.4 is 5.32 Å². The van der Waals surface area contributed by atoms with Gasteiger partial charge in [0.25, 0.3) is 0 Å². The van der Waals surface area contributed by atoms with Gasteiger partial charge in [0.05, 0.1) is 0 Å². The maximum Gasteiger partial charge on any atom is 0.323 e. The minimum atomic E-state index is -0.855. The van der Waals surface area contributed by atoms with Crippen LogP contribution in [-0.2, 0) is 9.53 Å². The third-order valence-electron chi connectivity index (χ3n) is 3.88. The first-order valence-corrected chi connectivity index (χ1v) is 7.14. The summed E-state index contributed by atoms with van der Waals surface area (Å²) in [6.45, 7) is 5.79. The molecule has 1 saturated carbocycles. The van der Waals surface area contributed by atoms with E-state index in [1.54, 1.807) is 6.92 Å². The highest BCUT2D eigenvalue weighted by atomic mass is 16.5. The summed E-state index contributed by atoms with van der Waals surface area (Å²) in [4.78, 5) is 11.2. The lowest BCUT2D eigenvalue weighted by atomic mass is 9.83. The van der Waals surface area contributed by atoms with Crippen molar-refractivity contribution in [3.05, 3.63) is 0 Å². The highest BCUT2D eigenvalue weighted by Crippen LogP contribution is 2.29. The Hall–Kier alpha value is -0.610. The lowest BCUT2D eigenvalue weighted by Gasteiger charge is -2.27. The molecule has 1 rings (SSSR count). The SMILES string of the molecule is CCCNC(C)(CCOCCC1CCC1)C(=O)O. The van der Waals surface area contributed by atoms with Gasteiger partial charge in [-0.2, -0.15) is 0 Å². The van der Waals surface area contributed by atoms with Gasteiger partial charge in [-0.05, 0) is 38.6 Å². The molecule has 1 aliphatic carbocycles. The number of ether oxygens (including phenoxy) is 1. The Bertz CT molecular complexity index is 253. The van der Waals surface area contributed by atoms with Crippen molar-refractivity contribution in [1.82, 2.24) is 5.32 Å². The Morgan fingerprint density at radius 3 is 2.67 bits per heavy atom. The van der Waals surface area contributed by atoms with Crippen LogP contribution >= 0.6 is 0 Å². The molecular formula is C14H27NO3. The smallest absolute Gasteiger partial charge is 0.323 e. The van der Waals surface area contributed by atoms with E-state index in [0.29, 0.717) is 13.0 Å². The molecule has 0 heterocycles. The van der Waals surface area contributed by atoms with E-state index in [1.807, 2.05) is 6.92 Å². The minimum Gasteiger partial charge on any atom is -0.480 e. The molecule has 0 saturated heterocycles. The van der Waals surface area contributed by atoms with Gasteiger partial charge in [-0.1, -0.05) is 26.2 Å². The number of nitrogens with one attached hydrogen (secondary N) is 1. The van der Waals surface area contributed by atoms with Gasteiger partial charge in [0.2, 0.25) is 0 Å². The standard InChI is InChI=1S/C14H27NO3/c1-3-9-15-14(2,13(16)17)8-11-18-10-7-12-5-4-6-12/h12,15H,3-11H2,1-2H3,(H,16,17). The highest BCUT2D eigenvalue weighted by Gasteiger charge is 2.31. The summed E-state index contributed by atoms with van der Waals surface area (Å²) in [5.74, 6) is 0.0626. The second-order valence-electron chi connectivity index (χ2n) is 5.51. The largest absolute Gasteiger partial charge is 0.480 e. The molecule has 1 fully saturated rings. The second kappa shape index (κ2) is 7.74. The molecule has 2 N–H and O–H groups in total. The van der Waals surface area contributed by atoms with E-state index >= 15 is 0 Å². The number of hydrogen-bond donors (Lipinski definition) is 2. The van der Waals surface area contributed by atoms with Gasteiger partial charge >= 0.3 is 5.97 Å². The molecule has 0 aromatic rings. The van der Waals surface area contributed by atoms with Crippen LogP contribution in [0.1, 0.15) is 52.4 Å². The molecule has 0 aromatic heterocycles. The van der Waals surface area contributed by atoms with Crippen LogP contribution in [0.4, 0.5) is 0 Å². The summed E-state index contributed by atoms with van der Waals surface area (Å²) >= 11 is 0. The van der Waals surface area contributed by atoms with Crippen molar-refractivity contribution in [3.63, 3.8) is 0 Å². The Morgan fingerprint density at radius 2 is 2.17 bits per heavy atom. The van der Waals surface area contributed by atoms with Crippen molar-refractivity contribution in [2.24, 2.45) is 5.92 Å². The van der Waals surface area contributed by atoms with Crippen LogP contribution in [-0.4, -0.2) is 36.4 Å². The molecule has 1 aliphatic rings. The maximum absolute atomic E-state index is 11.2. The number of carboxylic acids is 1. The topological polar surface area (TPSA) is 58.6 Å². The third kappa shape index (κ3) is 4.94. The first-order valence-electron chi connectivity index (χ1n) is 7.14. The molecule has 1 unspecified atom stereocenters. The number of carbonyl (C=O) groups is 1. The maximum atomic E-state index is 11.2. The zero-order valence-electron chi connectivity index (χ0n) is 11.7. The van der Waals surface area contributed by atoms with Crippen molar-refractivity contribution in [2.75, 3.05) is 19.8 Å². The van der Waals surface area contributed by atoms with Crippen molar-refractivity contribution in [2.45, 2.75) is 57.9 Å². The number of carboxylic acid groups (broad SMARTS) is 1. The van der Waals surface area contributed by atoms with Crippen molar-refractivity contribution >= 4 is 5.97 Å². The first kappa shape index (κ1) is 15.4. The third-order valence-corrected chi connectivity index (χ3v) is 3.88. The van der Waals surface area contributed by atoms with Gasteiger partial charge in [-0.15, -0.1) is 0 Å². The summed E-state index contributed by atoms with van der Waals surface area (Å²) in [5, 5.41) is 12.3. The van der Waals surface area contributed by atoms with Crippen LogP contribution in [0.25, 0.3) is 0 Å². The summed E-state index contributed by atoms with van der Waals surface area (Å²) in [5.41, 5.74) is -0.855.